The van der Waals surface area contributed by atoms with Crippen molar-refractivity contribution in [2.75, 3.05) is 34.8 Å². The zero-order chi connectivity index (χ0) is 21.5. The summed E-state index contributed by atoms with van der Waals surface area (Å²) in [6.45, 7) is 2.16. The highest BCUT2D eigenvalue weighted by Gasteiger charge is 2.24. The Labute approximate surface area is 188 Å². The molecule has 164 valence electrons. The molecule has 1 aliphatic heterocycles. The molecule has 4 aromatic rings. The fraction of sp³-hybridized carbons (Fsp3) is 0.429. The highest BCUT2D eigenvalue weighted by molar-refractivity contribution is 7.99. The van der Waals surface area contributed by atoms with Crippen LogP contribution in [0.4, 0.5) is 17.3 Å². The van der Waals surface area contributed by atoms with E-state index in [0.717, 1.165) is 44.5 Å². The van der Waals surface area contributed by atoms with Gasteiger partial charge in [-0.05, 0) is 47.5 Å². The van der Waals surface area contributed by atoms with E-state index in [1.165, 1.54) is 21.7 Å². The molecule has 10 nitrogen and oxygen atoms in total. The van der Waals surface area contributed by atoms with Crippen LogP contribution in [0, 0.1) is 0 Å². The number of aromatic nitrogens is 7. The van der Waals surface area contributed by atoms with E-state index in [1.807, 2.05) is 23.9 Å². The molecule has 0 amide bonds. The van der Waals surface area contributed by atoms with E-state index in [4.69, 9.17) is 4.98 Å². The van der Waals surface area contributed by atoms with E-state index < -0.39 is 0 Å². The van der Waals surface area contributed by atoms with Gasteiger partial charge >= 0.3 is 0 Å². The van der Waals surface area contributed by atoms with E-state index >= 15 is 0 Å². The Bertz CT molecular complexity index is 1320. The quantitative estimate of drug-likeness (QED) is 0.503. The lowest BCUT2D eigenvalue weighted by Crippen LogP contribution is -2.32. The summed E-state index contributed by atoms with van der Waals surface area (Å²) in [5.41, 5.74) is 3.31. The van der Waals surface area contributed by atoms with Gasteiger partial charge in [0.05, 0.1) is 6.20 Å². The molecule has 3 aromatic heterocycles. The van der Waals surface area contributed by atoms with Crippen molar-refractivity contribution >= 4 is 45.9 Å². The number of anilines is 3. The maximum Gasteiger partial charge on any atom is 0.299 e. The van der Waals surface area contributed by atoms with E-state index in [0.29, 0.717) is 17.1 Å². The largest absolute Gasteiger partial charge is 0.370 e. The second-order valence-electron chi connectivity index (χ2n) is 8.20. The number of rotatable bonds is 4. The smallest absolute Gasteiger partial charge is 0.299 e. The van der Waals surface area contributed by atoms with Crippen LogP contribution in [0.25, 0.3) is 16.8 Å². The minimum Gasteiger partial charge on any atom is -0.370 e. The molecule has 0 bridgehead atoms. The van der Waals surface area contributed by atoms with Crippen molar-refractivity contribution in [3.8, 4) is 0 Å². The minimum atomic E-state index is -0.205. The monoisotopic (exact) mass is 449 g/mol. The van der Waals surface area contributed by atoms with Crippen molar-refractivity contribution < 1.29 is 0 Å². The molecule has 1 saturated heterocycles. The zero-order valence-electron chi connectivity index (χ0n) is 17.5. The van der Waals surface area contributed by atoms with Crippen molar-refractivity contribution in [2.45, 2.75) is 31.7 Å². The van der Waals surface area contributed by atoms with Crippen LogP contribution in [0.3, 0.4) is 0 Å². The predicted molar refractivity (Wildman–Crippen MR) is 125 cm³/mol. The molecule has 1 N–H and O–H groups in total. The third-order valence-electron chi connectivity index (χ3n) is 6.28. The summed E-state index contributed by atoms with van der Waals surface area (Å²) >= 11 is 2.00. The third kappa shape index (κ3) is 3.36. The zero-order valence-corrected chi connectivity index (χ0v) is 18.3. The number of nitrogens with one attached hydrogen (secondary N) is 1. The lowest BCUT2D eigenvalue weighted by molar-refractivity contribution is 0.515. The molecule has 2 aliphatic rings. The predicted octanol–water partition coefficient (Wildman–Crippen LogP) is 2.64. The van der Waals surface area contributed by atoms with Crippen molar-refractivity contribution in [3.05, 3.63) is 40.8 Å². The van der Waals surface area contributed by atoms with Gasteiger partial charge in [0.15, 0.2) is 5.65 Å². The maximum absolute atomic E-state index is 13.2. The summed E-state index contributed by atoms with van der Waals surface area (Å²) in [4.78, 5) is 24.8. The van der Waals surface area contributed by atoms with Crippen molar-refractivity contribution in [1.82, 2.24) is 34.6 Å². The summed E-state index contributed by atoms with van der Waals surface area (Å²) in [6, 6.07) is 8.44. The van der Waals surface area contributed by atoms with Gasteiger partial charge in [0, 0.05) is 42.0 Å². The van der Waals surface area contributed by atoms with E-state index in [1.54, 1.807) is 10.8 Å². The molecule has 32 heavy (non-hydrogen) atoms. The van der Waals surface area contributed by atoms with Gasteiger partial charge in [0.25, 0.3) is 5.56 Å². The third-order valence-corrected chi connectivity index (χ3v) is 7.22. The first-order chi connectivity index (χ1) is 15.8. The highest BCUT2D eigenvalue weighted by atomic mass is 32.2. The summed E-state index contributed by atoms with van der Waals surface area (Å²) in [6.07, 6.45) is 5.80. The summed E-state index contributed by atoms with van der Waals surface area (Å²) < 4.78 is 3.19. The van der Waals surface area contributed by atoms with Crippen LogP contribution >= 0.6 is 11.8 Å². The highest BCUT2D eigenvalue weighted by Crippen LogP contribution is 2.31. The molecular weight excluding hydrogens is 426 g/mol. The van der Waals surface area contributed by atoms with Crippen LogP contribution in [0.5, 0.6) is 0 Å². The Hall–Kier alpha value is -3.21. The Morgan fingerprint density at radius 2 is 1.81 bits per heavy atom. The number of fused-ring (bicyclic) bond motifs is 3. The standard InChI is InChI=1S/C21H23N9OS/c31-20-19-25-26-27-30(19)17-13-22-21(24-18(17)29(20)16-3-1-2-4-16)23-14-5-7-15(8-6-14)28-9-11-32-12-10-28/h5-8,13,16H,1-4,9-12H2,(H,22,23,24). The number of thioether (sulfide) groups is 1. The fourth-order valence-electron chi connectivity index (χ4n) is 4.65. The maximum atomic E-state index is 13.2. The number of hydrogen-bond acceptors (Lipinski definition) is 9. The van der Waals surface area contributed by atoms with Crippen LogP contribution < -0.4 is 15.8 Å². The summed E-state index contributed by atoms with van der Waals surface area (Å²) in [5.74, 6) is 2.78. The van der Waals surface area contributed by atoms with Crippen LogP contribution in [-0.2, 0) is 0 Å². The lowest BCUT2D eigenvalue weighted by Gasteiger charge is -2.28. The molecule has 1 saturated carbocycles. The van der Waals surface area contributed by atoms with Crippen LogP contribution in [0.1, 0.15) is 31.7 Å². The van der Waals surface area contributed by atoms with Crippen LogP contribution in [-0.4, -0.2) is 59.2 Å². The van der Waals surface area contributed by atoms with Gasteiger partial charge < -0.3 is 10.2 Å². The molecule has 0 unspecified atom stereocenters. The molecule has 0 radical (unpaired) electrons. The Morgan fingerprint density at radius 1 is 1.03 bits per heavy atom. The van der Waals surface area contributed by atoms with Gasteiger partial charge in [0.1, 0.15) is 5.52 Å². The molecule has 11 heteroatoms. The van der Waals surface area contributed by atoms with E-state index in [2.05, 4.69) is 42.9 Å². The molecule has 0 spiro atoms. The first-order valence-electron chi connectivity index (χ1n) is 11.0. The van der Waals surface area contributed by atoms with Crippen molar-refractivity contribution in [2.24, 2.45) is 0 Å². The number of nitrogens with zero attached hydrogens (tertiary/aromatic N) is 8. The second kappa shape index (κ2) is 8.05. The van der Waals surface area contributed by atoms with Crippen molar-refractivity contribution in [1.29, 1.82) is 0 Å². The van der Waals surface area contributed by atoms with Crippen LogP contribution in [0.15, 0.2) is 35.3 Å². The number of tetrazole rings is 1. The van der Waals surface area contributed by atoms with Gasteiger partial charge in [0.2, 0.25) is 11.6 Å². The minimum absolute atomic E-state index is 0.108. The van der Waals surface area contributed by atoms with Gasteiger partial charge in [-0.2, -0.15) is 21.3 Å². The Balaban J connectivity index is 1.36. The van der Waals surface area contributed by atoms with Crippen molar-refractivity contribution in [3.63, 3.8) is 0 Å². The number of benzene rings is 1. The van der Waals surface area contributed by atoms with Crippen LogP contribution in [0.2, 0.25) is 0 Å². The van der Waals surface area contributed by atoms with Gasteiger partial charge in [-0.25, -0.2) is 4.98 Å². The normalized spacial score (nSPS) is 17.4. The Kier molecular flexibility index (Phi) is 4.90. The van der Waals surface area contributed by atoms with E-state index in [9.17, 15) is 4.79 Å². The first-order valence-corrected chi connectivity index (χ1v) is 12.1. The molecule has 1 aliphatic carbocycles. The van der Waals surface area contributed by atoms with Gasteiger partial charge in [-0.15, -0.1) is 5.10 Å². The summed E-state index contributed by atoms with van der Waals surface area (Å²) in [7, 11) is 0. The van der Waals surface area contributed by atoms with Gasteiger partial charge in [-0.3, -0.25) is 9.36 Å². The Morgan fingerprint density at radius 3 is 2.59 bits per heavy atom. The van der Waals surface area contributed by atoms with E-state index in [-0.39, 0.29) is 17.2 Å². The topological polar surface area (TPSA) is 106 Å². The fourth-order valence-corrected chi connectivity index (χ4v) is 5.55. The number of hydrogen-bond donors (Lipinski definition) is 1. The molecule has 6 rings (SSSR count). The molecule has 2 fully saturated rings. The lowest BCUT2D eigenvalue weighted by atomic mass is 10.2. The average Bonchev–Trinajstić information content (AvgIpc) is 3.53. The molecule has 1 aromatic carbocycles. The van der Waals surface area contributed by atoms with Gasteiger partial charge in [-0.1, -0.05) is 12.8 Å². The molecule has 0 atom stereocenters. The summed E-state index contributed by atoms with van der Waals surface area (Å²) in [5, 5.41) is 14.9. The average molecular weight is 450 g/mol. The molecular formula is C21H23N9OS. The molecule has 4 heterocycles. The second-order valence-corrected chi connectivity index (χ2v) is 9.43. The first kappa shape index (κ1) is 19.5. The SMILES string of the molecule is O=c1c2nnnn2c2cnc(Nc3ccc(N4CCSCC4)cc3)nc2n1C1CCCC1.